The van der Waals surface area contributed by atoms with Crippen LogP contribution in [0.3, 0.4) is 0 Å². The molecular formula is C69H46N4O. The van der Waals surface area contributed by atoms with Gasteiger partial charge in [-0.25, -0.2) is 15.0 Å². The van der Waals surface area contributed by atoms with Crippen LogP contribution < -0.4 is 4.90 Å². The van der Waals surface area contributed by atoms with E-state index in [2.05, 4.69) is 241 Å². The van der Waals surface area contributed by atoms with Crippen LogP contribution in [0.5, 0.6) is 0 Å². The van der Waals surface area contributed by atoms with E-state index in [9.17, 15) is 0 Å². The van der Waals surface area contributed by atoms with E-state index in [1.165, 1.54) is 0 Å². The number of aromatic nitrogens is 3. The molecule has 2 aromatic heterocycles. The van der Waals surface area contributed by atoms with Gasteiger partial charge < -0.3 is 9.32 Å². The molecular weight excluding hydrogens is 901 g/mol. The Kier molecular flexibility index (Phi) is 11.5. The molecule has 348 valence electrons. The van der Waals surface area contributed by atoms with Gasteiger partial charge in [0.1, 0.15) is 11.2 Å². The number of nitrogens with zero attached hydrogens (tertiary/aromatic N) is 4. The van der Waals surface area contributed by atoms with E-state index in [4.69, 9.17) is 19.4 Å². The molecule has 0 unspecified atom stereocenters. The molecule has 13 aromatic rings. The summed E-state index contributed by atoms with van der Waals surface area (Å²) < 4.78 is 6.41. The van der Waals surface area contributed by atoms with Crippen LogP contribution in [0.4, 0.5) is 17.1 Å². The number of furan rings is 1. The number of para-hydroxylation sites is 2. The highest BCUT2D eigenvalue weighted by atomic mass is 16.3. The largest absolute Gasteiger partial charge is 0.456 e. The van der Waals surface area contributed by atoms with Crippen LogP contribution in [0, 0.1) is 0 Å². The summed E-state index contributed by atoms with van der Waals surface area (Å²) in [7, 11) is 0. The second-order valence-corrected chi connectivity index (χ2v) is 18.4. The van der Waals surface area contributed by atoms with E-state index < -0.39 is 0 Å². The monoisotopic (exact) mass is 946 g/mol. The van der Waals surface area contributed by atoms with E-state index in [0.29, 0.717) is 17.5 Å². The first-order valence-corrected chi connectivity index (χ1v) is 24.9. The predicted molar refractivity (Wildman–Crippen MR) is 305 cm³/mol. The van der Waals surface area contributed by atoms with E-state index >= 15 is 0 Å². The van der Waals surface area contributed by atoms with Crippen LogP contribution in [0.2, 0.25) is 0 Å². The normalized spacial score (nSPS) is 11.2. The molecule has 0 fully saturated rings. The van der Waals surface area contributed by atoms with Crippen molar-refractivity contribution in [1.29, 1.82) is 0 Å². The average molecular weight is 947 g/mol. The Bertz CT molecular complexity index is 3960. The number of rotatable bonds is 11. The molecule has 0 amide bonds. The van der Waals surface area contributed by atoms with Crippen molar-refractivity contribution in [1.82, 2.24) is 15.0 Å². The molecule has 74 heavy (non-hydrogen) atoms. The second kappa shape index (κ2) is 19.3. The predicted octanol–water partition coefficient (Wildman–Crippen LogP) is 18.6. The highest BCUT2D eigenvalue weighted by molar-refractivity contribution is 6.06. The number of hydrogen-bond donors (Lipinski definition) is 0. The summed E-state index contributed by atoms with van der Waals surface area (Å²) in [5, 5.41) is 2.11. The number of anilines is 3. The van der Waals surface area contributed by atoms with Crippen molar-refractivity contribution < 1.29 is 4.42 Å². The second-order valence-electron chi connectivity index (χ2n) is 18.4. The van der Waals surface area contributed by atoms with Crippen LogP contribution in [0.15, 0.2) is 283 Å². The smallest absolute Gasteiger partial charge is 0.164 e. The lowest BCUT2D eigenvalue weighted by Gasteiger charge is -2.31. The van der Waals surface area contributed by atoms with Crippen molar-refractivity contribution in [2.75, 3.05) is 4.90 Å². The summed E-state index contributed by atoms with van der Waals surface area (Å²) in [6.45, 7) is 0. The van der Waals surface area contributed by atoms with Crippen LogP contribution >= 0.6 is 0 Å². The third-order valence-electron chi connectivity index (χ3n) is 13.7. The van der Waals surface area contributed by atoms with Gasteiger partial charge in [0.25, 0.3) is 0 Å². The van der Waals surface area contributed by atoms with E-state index in [0.717, 1.165) is 111 Å². The first-order chi connectivity index (χ1) is 36.7. The van der Waals surface area contributed by atoms with Gasteiger partial charge in [-0.2, -0.15) is 0 Å². The third-order valence-corrected chi connectivity index (χ3v) is 13.7. The first-order valence-electron chi connectivity index (χ1n) is 24.9. The topological polar surface area (TPSA) is 55.1 Å². The van der Waals surface area contributed by atoms with Crippen LogP contribution in [0.25, 0.3) is 112 Å². The van der Waals surface area contributed by atoms with Gasteiger partial charge in [0.2, 0.25) is 0 Å². The summed E-state index contributed by atoms with van der Waals surface area (Å²) in [5.41, 5.74) is 18.2. The minimum atomic E-state index is 0.548. The quantitative estimate of drug-likeness (QED) is 0.129. The van der Waals surface area contributed by atoms with Gasteiger partial charge in [-0.1, -0.05) is 224 Å². The standard InChI is InChI=1S/C69H46N4O/c1-6-18-47(19-7-1)50-30-34-53(35-31-50)62-44-57(69-71-67(55-24-12-4-13-25-55)70-68(72-69)56-40-43-61-60-28-16-17-29-64(60)74-65(61)46-56)45-63(54-36-32-51(33-37-54)48-20-8-2-9-21-48)66(62)73(58-26-14-5-15-27-58)59-41-38-52(39-42-59)49-22-10-3-11-23-49/h1-46H. The molecule has 0 atom stereocenters. The Morgan fingerprint density at radius 1 is 0.243 bits per heavy atom. The van der Waals surface area contributed by atoms with Crippen molar-refractivity contribution in [3.8, 4) is 89.8 Å². The molecule has 0 aliphatic heterocycles. The van der Waals surface area contributed by atoms with Gasteiger partial charge in [-0.05, 0) is 99.1 Å². The Labute approximate surface area is 430 Å². The summed E-state index contributed by atoms with van der Waals surface area (Å²) in [6.07, 6.45) is 0. The number of hydrogen-bond acceptors (Lipinski definition) is 5. The zero-order valence-electron chi connectivity index (χ0n) is 40.3. The molecule has 2 heterocycles. The van der Waals surface area contributed by atoms with Gasteiger partial charge in [-0.15, -0.1) is 0 Å². The van der Waals surface area contributed by atoms with Gasteiger partial charge in [-0.3, -0.25) is 0 Å². The molecule has 5 nitrogen and oxygen atoms in total. The lowest BCUT2D eigenvalue weighted by molar-refractivity contribution is 0.669. The zero-order chi connectivity index (χ0) is 49.2. The summed E-state index contributed by atoms with van der Waals surface area (Å²) in [4.78, 5) is 18.3. The van der Waals surface area contributed by atoms with Gasteiger partial charge >= 0.3 is 0 Å². The summed E-state index contributed by atoms with van der Waals surface area (Å²) >= 11 is 0. The van der Waals surface area contributed by atoms with E-state index in [1.807, 2.05) is 42.5 Å². The molecule has 0 saturated heterocycles. The maximum absolute atomic E-state index is 6.41. The first kappa shape index (κ1) is 44.0. The molecule has 13 rings (SSSR count). The Hall–Kier alpha value is -9.97. The molecule has 0 aliphatic carbocycles. The number of fused-ring (bicyclic) bond motifs is 3. The Balaban J connectivity index is 1.08. The lowest BCUT2D eigenvalue weighted by atomic mass is 9.90. The van der Waals surface area contributed by atoms with Gasteiger partial charge in [0.05, 0.1) is 5.69 Å². The molecule has 0 N–H and O–H groups in total. The lowest BCUT2D eigenvalue weighted by Crippen LogP contribution is -2.13. The van der Waals surface area contributed by atoms with Crippen molar-refractivity contribution in [3.63, 3.8) is 0 Å². The molecule has 11 aromatic carbocycles. The zero-order valence-corrected chi connectivity index (χ0v) is 40.3. The Morgan fingerprint density at radius 2 is 0.595 bits per heavy atom. The molecule has 0 aliphatic rings. The van der Waals surface area contributed by atoms with Crippen molar-refractivity contribution in [2.24, 2.45) is 0 Å². The van der Waals surface area contributed by atoms with Crippen LogP contribution in [-0.2, 0) is 0 Å². The highest BCUT2D eigenvalue weighted by Gasteiger charge is 2.25. The van der Waals surface area contributed by atoms with Gasteiger partial charge in [0, 0.05) is 50.0 Å². The van der Waals surface area contributed by atoms with Crippen molar-refractivity contribution in [3.05, 3.63) is 279 Å². The van der Waals surface area contributed by atoms with Crippen molar-refractivity contribution >= 4 is 39.0 Å². The maximum atomic E-state index is 6.41. The van der Waals surface area contributed by atoms with Crippen molar-refractivity contribution in [2.45, 2.75) is 0 Å². The minimum absolute atomic E-state index is 0.548. The average Bonchev–Trinajstić information content (AvgIpc) is 3.87. The molecule has 0 spiro atoms. The summed E-state index contributed by atoms with van der Waals surface area (Å²) in [5.74, 6) is 1.67. The number of benzene rings is 11. The maximum Gasteiger partial charge on any atom is 0.164 e. The fourth-order valence-corrected chi connectivity index (χ4v) is 10.0. The third kappa shape index (κ3) is 8.59. The molecule has 0 radical (unpaired) electrons. The highest BCUT2D eigenvalue weighted by Crippen LogP contribution is 2.49. The minimum Gasteiger partial charge on any atom is -0.456 e. The van der Waals surface area contributed by atoms with Gasteiger partial charge in [0.15, 0.2) is 17.5 Å². The summed E-state index contributed by atoms with van der Waals surface area (Å²) in [6, 6.07) is 98.1. The van der Waals surface area contributed by atoms with E-state index in [1.54, 1.807) is 0 Å². The molecule has 0 saturated carbocycles. The van der Waals surface area contributed by atoms with Crippen LogP contribution in [0.1, 0.15) is 0 Å². The SMILES string of the molecule is c1ccc(-c2ccc(-c3cc(-c4nc(-c5ccccc5)nc(-c5ccc6c(c5)oc5ccccc56)n4)cc(-c4ccc(-c5ccccc5)cc4)c3N(c3ccccc3)c3ccc(-c4ccccc4)cc3)cc2)cc1. The molecule has 5 heteroatoms. The Morgan fingerprint density at radius 3 is 1.11 bits per heavy atom. The van der Waals surface area contributed by atoms with E-state index in [-0.39, 0.29) is 0 Å². The fraction of sp³-hybridized carbons (Fsp3) is 0. The van der Waals surface area contributed by atoms with Crippen LogP contribution in [-0.4, -0.2) is 15.0 Å². The fourth-order valence-electron chi connectivity index (χ4n) is 10.0. The molecule has 0 bridgehead atoms.